The van der Waals surface area contributed by atoms with E-state index in [1.807, 2.05) is 6.07 Å². The molecule has 2 aliphatic rings. The second-order valence-electron chi connectivity index (χ2n) is 8.58. The lowest BCUT2D eigenvalue weighted by Gasteiger charge is -2.43. The van der Waals surface area contributed by atoms with Crippen LogP contribution in [0.25, 0.3) is 0 Å². The van der Waals surface area contributed by atoms with E-state index in [4.69, 9.17) is 4.74 Å². The zero-order valence-corrected chi connectivity index (χ0v) is 17.5. The summed E-state index contributed by atoms with van der Waals surface area (Å²) in [5, 5.41) is 20.4. The number of aliphatic hydroxyl groups is 2. The van der Waals surface area contributed by atoms with Crippen LogP contribution in [-0.4, -0.2) is 96.6 Å². The summed E-state index contributed by atoms with van der Waals surface area (Å²) >= 11 is 0. The first-order valence-corrected chi connectivity index (χ1v) is 10.7. The number of β-amino-alcohol motifs (C(OH)–C–C–N with tert-alkyl or cyclic N) is 1. The molecule has 2 saturated heterocycles. The van der Waals surface area contributed by atoms with Gasteiger partial charge in [-0.1, -0.05) is 12.1 Å². The number of rotatable bonds is 8. The summed E-state index contributed by atoms with van der Waals surface area (Å²) in [5.41, 5.74) is 1.23. The maximum Gasteiger partial charge on any atom is 0.119 e. The first-order valence-electron chi connectivity index (χ1n) is 10.7. The van der Waals surface area contributed by atoms with Crippen molar-refractivity contribution in [1.29, 1.82) is 0 Å². The van der Waals surface area contributed by atoms with Crippen LogP contribution in [0, 0.1) is 0 Å². The van der Waals surface area contributed by atoms with Gasteiger partial charge in [-0.2, -0.15) is 0 Å². The van der Waals surface area contributed by atoms with Crippen molar-refractivity contribution in [2.75, 3.05) is 53.4 Å². The molecule has 0 amide bonds. The molecular weight excluding hydrogens is 354 g/mol. The molecule has 0 aliphatic carbocycles. The van der Waals surface area contributed by atoms with E-state index in [9.17, 15) is 10.2 Å². The van der Waals surface area contributed by atoms with Gasteiger partial charge in [0.25, 0.3) is 0 Å². The Morgan fingerprint density at radius 1 is 1.11 bits per heavy atom. The van der Waals surface area contributed by atoms with Crippen molar-refractivity contribution >= 4 is 0 Å². The van der Waals surface area contributed by atoms with E-state index in [2.05, 4.69) is 47.0 Å². The first kappa shape index (κ1) is 21.5. The smallest absolute Gasteiger partial charge is 0.119 e. The maximum atomic E-state index is 10.7. The number of piperidine rings is 2. The fraction of sp³-hybridized carbons (Fsp3) is 0.727. The zero-order chi connectivity index (χ0) is 19.9. The van der Waals surface area contributed by atoms with Crippen molar-refractivity contribution in [2.24, 2.45) is 0 Å². The lowest BCUT2D eigenvalue weighted by Crippen LogP contribution is -2.55. The molecule has 3 rings (SSSR count). The lowest BCUT2D eigenvalue weighted by molar-refractivity contribution is -0.0355. The van der Waals surface area contributed by atoms with Crippen molar-refractivity contribution in [3.8, 4) is 5.75 Å². The molecule has 6 nitrogen and oxygen atoms in total. The van der Waals surface area contributed by atoms with Crippen molar-refractivity contribution in [3.05, 3.63) is 29.8 Å². The van der Waals surface area contributed by atoms with Gasteiger partial charge in [0.1, 0.15) is 5.75 Å². The van der Waals surface area contributed by atoms with Crippen LogP contribution in [0.15, 0.2) is 24.3 Å². The van der Waals surface area contributed by atoms with Gasteiger partial charge in [-0.15, -0.1) is 0 Å². The number of likely N-dealkylation sites (tertiary alicyclic amines) is 2. The van der Waals surface area contributed by atoms with Gasteiger partial charge in [-0.3, -0.25) is 9.80 Å². The number of nitrogens with zero attached hydrogens (tertiary/aromatic N) is 3. The van der Waals surface area contributed by atoms with Gasteiger partial charge in [0.15, 0.2) is 0 Å². The summed E-state index contributed by atoms with van der Waals surface area (Å²) in [6.07, 6.45) is 3.17. The van der Waals surface area contributed by atoms with Crippen molar-refractivity contribution in [3.63, 3.8) is 0 Å². The summed E-state index contributed by atoms with van der Waals surface area (Å²) in [7, 11) is 4.15. The third-order valence-electron chi connectivity index (χ3n) is 5.92. The van der Waals surface area contributed by atoms with Gasteiger partial charge >= 0.3 is 0 Å². The molecule has 2 aliphatic heterocycles. The van der Waals surface area contributed by atoms with E-state index in [1.54, 1.807) is 0 Å². The Hall–Kier alpha value is -1.18. The molecule has 0 saturated carbocycles. The SMILES string of the molecule is CN(C)CCCOc1cccc(CN2CC[C@@H](N3CCC(O)CC3)[C@H](O)C2)c1. The fourth-order valence-corrected chi connectivity index (χ4v) is 4.33. The number of hydrogen-bond acceptors (Lipinski definition) is 6. The van der Waals surface area contributed by atoms with Gasteiger partial charge in [0, 0.05) is 45.3 Å². The van der Waals surface area contributed by atoms with E-state index in [0.717, 1.165) is 70.8 Å². The minimum absolute atomic E-state index is 0.161. The van der Waals surface area contributed by atoms with E-state index >= 15 is 0 Å². The number of aliphatic hydroxyl groups excluding tert-OH is 2. The highest BCUT2D eigenvalue weighted by molar-refractivity contribution is 5.28. The average Bonchev–Trinajstić information content (AvgIpc) is 2.67. The van der Waals surface area contributed by atoms with Gasteiger partial charge < -0.3 is 19.8 Å². The monoisotopic (exact) mass is 391 g/mol. The summed E-state index contributed by atoms with van der Waals surface area (Å²) in [6, 6.07) is 8.57. The Kier molecular flexibility index (Phi) is 8.11. The molecule has 1 aromatic carbocycles. The van der Waals surface area contributed by atoms with Crippen molar-refractivity contribution in [1.82, 2.24) is 14.7 Å². The van der Waals surface area contributed by atoms with Crippen LogP contribution in [0.3, 0.4) is 0 Å². The Bertz CT molecular complexity index is 590. The molecule has 28 heavy (non-hydrogen) atoms. The van der Waals surface area contributed by atoms with Crippen molar-refractivity contribution in [2.45, 2.75) is 50.5 Å². The molecule has 0 radical (unpaired) electrons. The molecule has 0 aromatic heterocycles. The van der Waals surface area contributed by atoms with Crippen LogP contribution in [0.4, 0.5) is 0 Å². The third kappa shape index (κ3) is 6.42. The van der Waals surface area contributed by atoms with Crippen molar-refractivity contribution < 1.29 is 14.9 Å². The van der Waals surface area contributed by atoms with Gasteiger partial charge in [-0.05, 0) is 57.5 Å². The highest BCUT2D eigenvalue weighted by atomic mass is 16.5. The van der Waals surface area contributed by atoms with Gasteiger partial charge in [-0.25, -0.2) is 0 Å². The van der Waals surface area contributed by atoms with Gasteiger partial charge in [0.2, 0.25) is 0 Å². The summed E-state index contributed by atoms with van der Waals surface area (Å²) in [5.74, 6) is 0.929. The van der Waals surface area contributed by atoms with Crippen LogP contribution in [0.1, 0.15) is 31.2 Å². The highest BCUT2D eigenvalue weighted by Crippen LogP contribution is 2.23. The fourth-order valence-electron chi connectivity index (χ4n) is 4.33. The minimum atomic E-state index is -0.325. The third-order valence-corrected chi connectivity index (χ3v) is 5.92. The van der Waals surface area contributed by atoms with Crippen LogP contribution in [0.5, 0.6) is 5.75 Å². The quantitative estimate of drug-likeness (QED) is 0.654. The Labute approximate surface area is 169 Å². The molecule has 0 spiro atoms. The highest BCUT2D eigenvalue weighted by Gasteiger charge is 2.33. The van der Waals surface area contributed by atoms with Gasteiger partial charge in [0.05, 0.1) is 18.8 Å². The molecule has 0 unspecified atom stereocenters. The predicted octanol–water partition coefficient (Wildman–Crippen LogP) is 1.41. The molecular formula is C22H37N3O3. The van der Waals surface area contributed by atoms with Crippen LogP contribution in [-0.2, 0) is 6.54 Å². The topological polar surface area (TPSA) is 59.4 Å². The molecule has 2 N–H and O–H groups in total. The van der Waals surface area contributed by atoms with E-state index in [1.165, 1.54) is 5.56 Å². The predicted molar refractivity (Wildman–Crippen MR) is 112 cm³/mol. The van der Waals surface area contributed by atoms with Crippen LogP contribution >= 0.6 is 0 Å². The Balaban J connectivity index is 1.45. The Morgan fingerprint density at radius 2 is 1.89 bits per heavy atom. The van der Waals surface area contributed by atoms with Crippen LogP contribution in [0.2, 0.25) is 0 Å². The Morgan fingerprint density at radius 3 is 2.61 bits per heavy atom. The number of hydrogen-bond donors (Lipinski definition) is 2. The second kappa shape index (κ2) is 10.6. The second-order valence-corrected chi connectivity index (χ2v) is 8.58. The maximum absolute atomic E-state index is 10.7. The molecule has 6 heteroatoms. The summed E-state index contributed by atoms with van der Waals surface area (Å²) in [4.78, 5) is 6.88. The summed E-state index contributed by atoms with van der Waals surface area (Å²) in [6.45, 7) is 6.11. The molecule has 158 valence electrons. The van der Waals surface area contributed by atoms with E-state index in [0.29, 0.717) is 6.54 Å². The lowest BCUT2D eigenvalue weighted by atomic mass is 9.96. The van der Waals surface area contributed by atoms with E-state index < -0.39 is 0 Å². The molecule has 2 fully saturated rings. The van der Waals surface area contributed by atoms with Crippen LogP contribution < -0.4 is 4.74 Å². The first-order chi connectivity index (χ1) is 13.5. The average molecular weight is 392 g/mol. The standard InChI is InChI=1S/C22H37N3O3/c1-23(2)10-4-14-28-20-6-3-5-18(15-20)16-24-11-9-21(22(27)17-24)25-12-7-19(26)8-13-25/h3,5-6,15,19,21-22,26-27H,4,7-14,16-17H2,1-2H3/t21-,22-/m1/s1. The molecule has 2 atom stereocenters. The summed E-state index contributed by atoms with van der Waals surface area (Å²) < 4.78 is 5.89. The minimum Gasteiger partial charge on any atom is -0.494 e. The largest absolute Gasteiger partial charge is 0.494 e. The molecule has 2 heterocycles. The number of benzene rings is 1. The molecule has 0 bridgehead atoms. The normalized spacial score (nSPS) is 25.3. The zero-order valence-electron chi connectivity index (χ0n) is 17.5. The number of ether oxygens (including phenoxy) is 1. The van der Waals surface area contributed by atoms with E-state index in [-0.39, 0.29) is 18.2 Å². The molecule has 1 aromatic rings.